The number of nitrogens with zero attached hydrogens (tertiary/aromatic N) is 1. The number of nitrogens with one attached hydrogen (secondary N) is 1. The van der Waals surface area contributed by atoms with Gasteiger partial charge < -0.3 is 5.32 Å². The molecule has 0 unspecified atom stereocenters. The lowest BCUT2D eigenvalue weighted by molar-refractivity contribution is -0.120. The van der Waals surface area contributed by atoms with Crippen molar-refractivity contribution in [3.63, 3.8) is 0 Å². The van der Waals surface area contributed by atoms with Gasteiger partial charge in [-0.05, 0) is 60.5 Å². The Labute approximate surface area is 172 Å². The van der Waals surface area contributed by atoms with Crippen LogP contribution in [0.3, 0.4) is 0 Å². The van der Waals surface area contributed by atoms with Crippen molar-refractivity contribution >= 4 is 40.4 Å². The molecule has 6 heteroatoms. The number of benzene rings is 3. The topological polar surface area (TPSA) is 49.4 Å². The summed E-state index contributed by atoms with van der Waals surface area (Å²) in [5.41, 5.74) is 2.80. The minimum absolute atomic E-state index is 0.132. The van der Waals surface area contributed by atoms with E-state index in [0.29, 0.717) is 22.0 Å². The molecule has 0 spiro atoms. The van der Waals surface area contributed by atoms with Gasteiger partial charge in [0, 0.05) is 10.7 Å². The first-order chi connectivity index (χ1) is 13.9. The van der Waals surface area contributed by atoms with E-state index in [-0.39, 0.29) is 11.3 Å². The molecule has 0 fully saturated rings. The van der Waals surface area contributed by atoms with Crippen LogP contribution in [0.5, 0.6) is 0 Å². The Hall–Kier alpha value is -3.44. The fraction of sp³-hybridized carbons (Fsp3) is 0.0435. The van der Waals surface area contributed by atoms with Crippen molar-refractivity contribution in [3.8, 4) is 0 Å². The highest BCUT2D eigenvalue weighted by Gasteiger charge is 2.40. The molecule has 3 aromatic rings. The van der Waals surface area contributed by atoms with Crippen molar-refractivity contribution in [2.24, 2.45) is 0 Å². The number of halogens is 2. The number of aryl methyl sites for hydroxylation is 1. The Bertz CT molecular complexity index is 1160. The van der Waals surface area contributed by atoms with Crippen molar-refractivity contribution in [2.45, 2.75) is 6.92 Å². The third-order valence-electron chi connectivity index (χ3n) is 4.57. The van der Waals surface area contributed by atoms with Crippen LogP contribution in [0.25, 0.3) is 5.57 Å². The molecule has 2 amide bonds. The van der Waals surface area contributed by atoms with Gasteiger partial charge >= 0.3 is 0 Å². The minimum atomic E-state index is -0.502. The lowest BCUT2D eigenvalue weighted by Gasteiger charge is -2.15. The quantitative estimate of drug-likeness (QED) is 0.607. The molecule has 1 aliphatic rings. The SMILES string of the molecule is Cc1cccc(NC2=C(c3ccc(F)cc3)C(=O)N(c3cccc(Cl)c3)C2=O)c1. The highest BCUT2D eigenvalue weighted by molar-refractivity contribution is 6.46. The van der Waals surface area contributed by atoms with E-state index in [1.165, 1.54) is 24.3 Å². The lowest BCUT2D eigenvalue weighted by Crippen LogP contribution is -2.32. The van der Waals surface area contributed by atoms with Crippen molar-refractivity contribution in [1.82, 2.24) is 0 Å². The summed E-state index contributed by atoms with van der Waals surface area (Å²) in [5, 5.41) is 3.49. The molecule has 0 bridgehead atoms. The van der Waals surface area contributed by atoms with Gasteiger partial charge in [-0.25, -0.2) is 9.29 Å². The molecule has 4 rings (SSSR count). The van der Waals surface area contributed by atoms with Gasteiger partial charge in [0.1, 0.15) is 11.5 Å². The van der Waals surface area contributed by atoms with E-state index in [1.807, 2.05) is 31.2 Å². The molecule has 0 saturated heterocycles. The van der Waals surface area contributed by atoms with Crippen LogP contribution in [-0.2, 0) is 9.59 Å². The number of imide groups is 1. The lowest BCUT2D eigenvalue weighted by atomic mass is 10.0. The molecular weight excluding hydrogens is 391 g/mol. The van der Waals surface area contributed by atoms with Crippen LogP contribution in [0, 0.1) is 12.7 Å². The summed E-state index contributed by atoms with van der Waals surface area (Å²) in [6, 6.07) is 19.5. The average Bonchev–Trinajstić information content (AvgIpc) is 2.92. The largest absolute Gasteiger partial charge is 0.350 e. The van der Waals surface area contributed by atoms with Gasteiger partial charge in [-0.3, -0.25) is 9.59 Å². The number of hydrogen-bond acceptors (Lipinski definition) is 3. The monoisotopic (exact) mass is 406 g/mol. The summed E-state index contributed by atoms with van der Waals surface area (Å²) in [6.45, 7) is 1.93. The number of rotatable bonds is 4. The number of amides is 2. The van der Waals surface area contributed by atoms with Gasteiger partial charge in [0.2, 0.25) is 0 Å². The molecule has 0 atom stereocenters. The van der Waals surface area contributed by atoms with E-state index in [2.05, 4.69) is 5.32 Å². The molecule has 0 saturated carbocycles. The second kappa shape index (κ2) is 7.53. The molecule has 4 nitrogen and oxygen atoms in total. The molecule has 0 aliphatic carbocycles. The van der Waals surface area contributed by atoms with Gasteiger partial charge in [-0.2, -0.15) is 0 Å². The predicted octanol–water partition coefficient (Wildman–Crippen LogP) is 5.18. The zero-order chi connectivity index (χ0) is 20.5. The van der Waals surface area contributed by atoms with Crippen molar-refractivity contribution in [3.05, 3.63) is 100 Å². The third-order valence-corrected chi connectivity index (χ3v) is 4.81. The summed E-state index contributed by atoms with van der Waals surface area (Å²) in [7, 11) is 0. The molecule has 0 aromatic heterocycles. The van der Waals surface area contributed by atoms with E-state index in [0.717, 1.165) is 10.5 Å². The number of hydrogen-bond donors (Lipinski definition) is 1. The van der Waals surface area contributed by atoms with Gasteiger partial charge in [0.15, 0.2) is 0 Å². The Morgan fingerprint density at radius 2 is 1.62 bits per heavy atom. The maximum atomic E-state index is 13.4. The van der Waals surface area contributed by atoms with Crippen LogP contribution in [0.15, 0.2) is 78.5 Å². The highest BCUT2D eigenvalue weighted by Crippen LogP contribution is 2.34. The summed E-state index contributed by atoms with van der Waals surface area (Å²) in [6.07, 6.45) is 0. The van der Waals surface area contributed by atoms with Crippen LogP contribution in [0.2, 0.25) is 5.02 Å². The highest BCUT2D eigenvalue weighted by atomic mass is 35.5. The van der Waals surface area contributed by atoms with Crippen molar-refractivity contribution in [1.29, 1.82) is 0 Å². The van der Waals surface area contributed by atoms with E-state index >= 15 is 0 Å². The zero-order valence-corrected chi connectivity index (χ0v) is 16.2. The van der Waals surface area contributed by atoms with Crippen LogP contribution >= 0.6 is 11.6 Å². The first-order valence-corrected chi connectivity index (χ1v) is 9.30. The first kappa shape index (κ1) is 18.9. The van der Waals surface area contributed by atoms with Gasteiger partial charge in [-0.1, -0.05) is 41.9 Å². The molecular formula is C23H16ClFN2O2. The summed E-state index contributed by atoms with van der Waals surface area (Å²) >= 11 is 6.05. The summed E-state index contributed by atoms with van der Waals surface area (Å²) < 4.78 is 13.4. The van der Waals surface area contributed by atoms with E-state index in [1.54, 1.807) is 24.3 Å². The van der Waals surface area contributed by atoms with Crippen molar-refractivity contribution < 1.29 is 14.0 Å². The second-order valence-corrected chi connectivity index (χ2v) is 7.11. The van der Waals surface area contributed by atoms with Gasteiger partial charge in [0.25, 0.3) is 11.8 Å². The predicted molar refractivity (Wildman–Crippen MR) is 112 cm³/mol. The number of anilines is 2. The maximum Gasteiger partial charge on any atom is 0.282 e. The number of carbonyl (C=O) groups excluding carboxylic acids is 2. The summed E-state index contributed by atoms with van der Waals surface area (Å²) in [4.78, 5) is 27.6. The molecule has 1 heterocycles. The average molecular weight is 407 g/mol. The molecule has 1 aliphatic heterocycles. The fourth-order valence-electron chi connectivity index (χ4n) is 3.25. The Morgan fingerprint density at radius 1 is 0.897 bits per heavy atom. The Balaban J connectivity index is 1.83. The minimum Gasteiger partial charge on any atom is -0.350 e. The molecule has 144 valence electrons. The zero-order valence-electron chi connectivity index (χ0n) is 15.4. The Morgan fingerprint density at radius 3 is 2.31 bits per heavy atom. The second-order valence-electron chi connectivity index (χ2n) is 6.68. The number of carbonyl (C=O) groups is 2. The molecule has 1 N–H and O–H groups in total. The van der Waals surface area contributed by atoms with Crippen LogP contribution in [-0.4, -0.2) is 11.8 Å². The van der Waals surface area contributed by atoms with Crippen LogP contribution in [0.1, 0.15) is 11.1 Å². The fourth-order valence-corrected chi connectivity index (χ4v) is 3.43. The standard InChI is InChI=1S/C23H16ClFN2O2/c1-14-4-2-6-18(12-14)26-21-20(15-8-10-17(25)11-9-15)22(28)27(23(21)29)19-7-3-5-16(24)13-19/h2-13,26H,1H3. The van der Waals surface area contributed by atoms with Gasteiger partial charge in [0.05, 0.1) is 11.3 Å². The van der Waals surface area contributed by atoms with Crippen LogP contribution in [0.4, 0.5) is 15.8 Å². The molecule has 0 radical (unpaired) electrons. The molecule has 3 aromatic carbocycles. The van der Waals surface area contributed by atoms with E-state index in [9.17, 15) is 14.0 Å². The normalized spacial score (nSPS) is 14.0. The van der Waals surface area contributed by atoms with Gasteiger partial charge in [-0.15, -0.1) is 0 Å². The third kappa shape index (κ3) is 3.65. The maximum absolute atomic E-state index is 13.4. The van der Waals surface area contributed by atoms with E-state index in [4.69, 9.17) is 11.6 Å². The van der Waals surface area contributed by atoms with Crippen LogP contribution < -0.4 is 10.2 Å². The van der Waals surface area contributed by atoms with E-state index < -0.39 is 17.6 Å². The smallest absolute Gasteiger partial charge is 0.282 e. The first-order valence-electron chi connectivity index (χ1n) is 8.92. The summed E-state index contributed by atoms with van der Waals surface area (Å²) in [5.74, 6) is -1.43. The molecule has 29 heavy (non-hydrogen) atoms. The Kier molecular flexibility index (Phi) is 4.91. The van der Waals surface area contributed by atoms with Crippen molar-refractivity contribution in [2.75, 3.05) is 10.2 Å².